The number of piperazine rings is 1. The maximum atomic E-state index is 12.6. The predicted octanol–water partition coefficient (Wildman–Crippen LogP) is -0.779. The molecule has 21 heavy (non-hydrogen) atoms. The minimum absolute atomic E-state index is 0.0579. The molecule has 3 rings (SSSR count). The molecule has 2 heterocycles. The van der Waals surface area contributed by atoms with Crippen LogP contribution in [0.3, 0.4) is 0 Å². The van der Waals surface area contributed by atoms with Gasteiger partial charge in [0.2, 0.25) is 15.9 Å². The van der Waals surface area contributed by atoms with Gasteiger partial charge < -0.3 is 4.90 Å². The summed E-state index contributed by atoms with van der Waals surface area (Å²) >= 11 is 0. The van der Waals surface area contributed by atoms with Gasteiger partial charge in [0.1, 0.15) is 5.54 Å². The molecule has 0 N–H and O–H groups in total. The van der Waals surface area contributed by atoms with Crippen molar-refractivity contribution < 1.29 is 13.2 Å². The summed E-state index contributed by atoms with van der Waals surface area (Å²) in [7, 11) is -1.53. The standard InChI is InChI=1S/C13H20N4O3S/c1-15-8-9-16(7-5-14)13(12(15)18)4-6-17(10-13)21(19,20)11-2-3-11/h11H,2-4,6-10H2,1H3. The third kappa shape index (κ3) is 2.24. The minimum atomic E-state index is -3.27. The van der Waals surface area contributed by atoms with E-state index in [1.807, 2.05) is 4.90 Å². The second-order valence-corrected chi connectivity index (χ2v) is 8.38. The van der Waals surface area contributed by atoms with Crippen LogP contribution < -0.4 is 0 Å². The molecule has 3 fully saturated rings. The molecular weight excluding hydrogens is 292 g/mol. The first-order chi connectivity index (χ1) is 9.91. The summed E-state index contributed by atoms with van der Waals surface area (Å²) in [5.74, 6) is -0.0579. The third-order valence-electron chi connectivity index (χ3n) is 4.84. The quantitative estimate of drug-likeness (QED) is 0.638. The fourth-order valence-corrected chi connectivity index (χ4v) is 5.27. The molecule has 0 bridgehead atoms. The Morgan fingerprint density at radius 2 is 2.05 bits per heavy atom. The highest BCUT2D eigenvalue weighted by Crippen LogP contribution is 2.38. The number of carbonyl (C=O) groups is 1. The molecule has 8 heteroatoms. The number of amides is 1. The SMILES string of the molecule is CN1CCN(CC#N)C2(CCN(S(=O)(=O)C3CC3)C2)C1=O. The van der Waals surface area contributed by atoms with Gasteiger partial charge in [0.05, 0.1) is 17.9 Å². The zero-order valence-electron chi connectivity index (χ0n) is 12.2. The van der Waals surface area contributed by atoms with E-state index in [-0.39, 0.29) is 24.2 Å². The molecule has 2 saturated heterocycles. The highest BCUT2D eigenvalue weighted by atomic mass is 32.2. The van der Waals surface area contributed by atoms with E-state index in [2.05, 4.69) is 6.07 Å². The van der Waals surface area contributed by atoms with Crippen LogP contribution in [0.5, 0.6) is 0 Å². The maximum absolute atomic E-state index is 12.6. The second kappa shape index (κ2) is 4.93. The topological polar surface area (TPSA) is 84.7 Å². The zero-order chi connectivity index (χ0) is 15.3. The van der Waals surface area contributed by atoms with Crippen molar-refractivity contribution in [2.45, 2.75) is 30.1 Å². The van der Waals surface area contributed by atoms with Crippen LogP contribution in [0.4, 0.5) is 0 Å². The van der Waals surface area contributed by atoms with E-state index in [1.54, 1.807) is 11.9 Å². The summed E-state index contributed by atoms with van der Waals surface area (Å²) in [6.07, 6.45) is 1.92. The number of hydrogen-bond acceptors (Lipinski definition) is 5. The molecule has 2 aliphatic heterocycles. The van der Waals surface area contributed by atoms with Gasteiger partial charge in [0.15, 0.2) is 0 Å². The number of hydrogen-bond donors (Lipinski definition) is 0. The van der Waals surface area contributed by atoms with Crippen LogP contribution in [0, 0.1) is 11.3 Å². The van der Waals surface area contributed by atoms with E-state index < -0.39 is 15.6 Å². The molecule has 0 aromatic carbocycles. The van der Waals surface area contributed by atoms with Gasteiger partial charge in [-0.1, -0.05) is 0 Å². The summed E-state index contributed by atoms with van der Waals surface area (Å²) < 4.78 is 26.2. The summed E-state index contributed by atoms with van der Waals surface area (Å²) in [4.78, 5) is 16.2. The highest BCUT2D eigenvalue weighted by Gasteiger charge is 2.56. The Morgan fingerprint density at radius 3 is 2.67 bits per heavy atom. The van der Waals surface area contributed by atoms with Gasteiger partial charge in [-0.25, -0.2) is 8.42 Å². The lowest BCUT2D eigenvalue weighted by molar-refractivity contribution is -0.147. The van der Waals surface area contributed by atoms with Gasteiger partial charge >= 0.3 is 0 Å². The van der Waals surface area contributed by atoms with Crippen LogP contribution >= 0.6 is 0 Å². The normalized spacial score (nSPS) is 31.8. The number of nitriles is 1. The molecule has 0 aromatic heterocycles. The van der Waals surface area contributed by atoms with E-state index in [1.165, 1.54) is 4.31 Å². The van der Waals surface area contributed by atoms with Gasteiger partial charge in [0.25, 0.3) is 0 Å². The van der Waals surface area contributed by atoms with E-state index in [0.717, 1.165) is 12.8 Å². The molecule has 1 amide bonds. The van der Waals surface area contributed by atoms with Crippen LogP contribution in [-0.2, 0) is 14.8 Å². The lowest BCUT2D eigenvalue weighted by atomic mass is 9.92. The molecule has 3 aliphatic rings. The van der Waals surface area contributed by atoms with Crippen molar-refractivity contribution >= 4 is 15.9 Å². The van der Waals surface area contributed by atoms with Crippen molar-refractivity contribution in [2.75, 3.05) is 39.8 Å². The number of sulfonamides is 1. The average molecular weight is 312 g/mol. The summed E-state index contributed by atoms with van der Waals surface area (Å²) in [6.45, 7) is 1.93. The summed E-state index contributed by atoms with van der Waals surface area (Å²) in [5, 5.41) is 8.73. The van der Waals surface area contributed by atoms with Gasteiger partial charge in [-0.05, 0) is 19.3 Å². The molecule has 116 valence electrons. The molecule has 1 atom stereocenters. The highest BCUT2D eigenvalue weighted by molar-refractivity contribution is 7.90. The van der Waals surface area contributed by atoms with Crippen molar-refractivity contribution in [1.82, 2.24) is 14.1 Å². The van der Waals surface area contributed by atoms with Crippen LogP contribution in [-0.4, -0.2) is 79.0 Å². The van der Waals surface area contributed by atoms with E-state index in [4.69, 9.17) is 5.26 Å². The fourth-order valence-electron chi connectivity index (χ4n) is 3.38. The van der Waals surface area contributed by atoms with Crippen LogP contribution in [0.2, 0.25) is 0 Å². The van der Waals surface area contributed by atoms with E-state index >= 15 is 0 Å². The van der Waals surface area contributed by atoms with E-state index in [9.17, 15) is 13.2 Å². The first kappa shape index (κ1) is 14.8. The number of likely N-dealkylation sites (N-methyl/N-ethyl adjacent to an activating group) is 1. The zero-order valence-corrected chi connectivity index (χ0v) is 13.0. The van der Waals surface area contributed by atoms with Crippen LogP contribution in [0.1, 0.15) is 19.3 Å². The Labute approximate surface area is 125 Å². The Kier molecular flexibility index (Phi) is 3.47. The Hall–Kier alpha value is -1.17. The molecule has 1 unspecified atom stereocenters. The molecule has 1 aliphatic carbocycles. The van der Waals surface area contributed by atoms with Crippen molar-refractivity contribution in [2.24, 2.45) is 0 Å². The Morgan fingerprint density at radius 1 is 1.33 bits per heavy atom. The van der Waals surface area contributed by atoms with Crippen molar-refractivity contribution in [3.8, 4) is 6.07 Å². The average Bonchev–Trinajstić information content (AvgIpc) is 3.21. The van der Waals surface area contributed by atoms with Crippen LogP contribution in [0.25, 0.3) is 0 Å². The molecule has 0 aromatic rings. The summed E-state index contributed by atoms with van der Waals surface area (Å²) in [5.41, 5.74) is -0.843. The Balaban J connectivity index is 1.88. The van der Waals surface area contributed by atoms with Crippen LogP contribution in [0.15, 0.2) is 0 Å². The minimum Gasteiger partial charge on any atom is -0.343 e. The molecule has 1 saturated carbocycles. The monoisotopic (exact) mass is 312 g/mol. The first-order valence-electron chi connectivity index (χ1n) is 7.28. The first-order valence-corrected chi connectivity index (χ1v) is 8.79. The van der Waals surface area contributed by atoms with Gasteiger partial charge in [0, 0.05) is 33.2 Å². The van der Waals surface area contributed by atoms with Crippen molar-refractivity contribution in [1.29, 1.82) is 5.26 Å². The second-order valence-electron chi connectivity index (χ2n) is 6.17. The molecular formula is C13H20N4O3S. The van der Waals surface area contributed by atoms with Gasteiger partial charge in [-0.2, -0.15) is 9.57 Å². The largest absolute Gasteiger partial charge is 0.343 e. The molecule has 1 spiro atoms. The lowest BCUT2D eigenvalue weighted by Crippen LogP contribution is -2.66. The van der Waals surface area contributed by atoms with Gasteiger partial charge in [-0.3, -0.25) is 9.69 Å². The van der Waals surface area contributed by atoms with Gasteiger partial charge in [-0.15, -0.1) is 0 Å². The number of rotatable bonds is 3. The third-order valence-corrected chi connectivity index (χ3v) is 7.18. The number of carbonyl (C=O) groups excluding carboxylic acids is 1. The van der Waals surface area contributed by atoms with Crippen molar-refractivity contribution in [3.05, 3.63) is 0 Å². The molecule has 7 nitrogen and oxygen atoms in total. The maximum Gasteiger partial charge on any atom is 0.244 e. The lowest BCUT2D eigenvalue weighted by Gasteiger charge is -2.45. The van der Waals surface area contributed by atoms with Crippen molar-refractivity contribution in [3.63, 3.8) is 0 Å². The van der Waals surface area contributed by atoms with E-state index in [0.29, 0.717) is 26.1 Å². The molecule has 0 radical (unpaired) electrons. The smallest absolute Gasteiger partial charge is 0.244 e. The fraction of sp³-hybridized carbons (Fsp3) is 0.846. The summed E-state index contributed by atoms with van der Waals surface area (Å²) in [6, 6.07) is 2.10. The number of nitrogens with zero attached hydrogens (tertiary/aromatic N) is 4. The predicted molar refractivity (Wildman–Crippen MR) is 75.7 cm³/mol. The Bertz CT molecular complexity index is 595.